The van der Waals surface area contributed by atoms with Gasteiger partial charge in [-0.1, -0.05) is 29.3 Å². The van der Waals surface area contributed by atoms with Gasteiger partial charge in [-0.15, -0.1) is 0 Å². The molecule has 1 aromatic heterocycles. The maximum atomic E-state index is 10.3. The predicted octanol–water partition coefficient (Wildman–Crippen LogP) is 4.35. The van der Waals surface area contributed by atoms with Crippen LogP contribution in [0, 0.1) is 6.92 Å². The van der Waals surface area contributed by atoms with Crippen molar-refractivity contribution in [2.24, 2.45) is 0 Å². The van der Waals surface area contributed by atoms with E-state index in [1.807, 2.05) is 19.1 Å². The number of aromatic nitrogens is 1. The first-order valence-corrected chi connectivity index (χ1v) is 8.93. The largest absolute Gasteiger partial charge is 0.472 e. The van der Waals surface area contributed by atoms with Gasteiger partial charge in [-0.05, 0) is 35.7 Å². The van der Waals surface area contributed by atoms with E-state index in [1.54, 1.807) is 18.3 Å². The number of hydrogen-bond acceptors (Lipinski definition) is 5. The summed E-state index contributed by atoms with van der Waals surface area (Å²) in [6, 6.07) is 7.03. The van der Waals surface area contributed by atoms with Gasteiger partial charge in [0.1, 0.15) is 6.10 Å². The molecule has 0 radical (unpaired) electrons. The van der Waals surface area contributed by atoms with Gasteiger partial charge in [0, 0.05) is 18.7 Å². The standard InChI is InChI=1S/C18H18Cl2N2O3/c1-10-6-16(25-12-4-5-24-9-12)21-8-13(10)18-17(22(18)23)11-2-3-14(19)15(20)7-11/h2-3,6-8,12,17-18,23H,4-5,9H2,1H3/t12?,17-,18+,22?/m0/s1. The van der Waals surface area contributed by atoms with Gasteiger partial charge in [0.2, 0.25) is 5.88 Å². The van der Waals surface area contributed by atoms with Crippen LogP contribution in [0.4, 0.5) is 0 Å². The molecule has 5 nitrogen and oxygen atoms in total. The number of benzene rings is 1. The minimum atomic E-state index is -0.148. The van der Waals surface area contributed by atoms with E-state index in [0.29, 0.717) is 22.5 Å². The van der Waals surface area contributed by atoms with Gasteiger partial charge in [-0.25, -0.2) is 4.98 Å². The summed E-state index contributed by atoms with van der Waals surface area (Å²) in [5.74, 6) is 0.591. The van der Waals surface area contributed by atoms with E-state index in [2.05, 4.69) is 4.98 Å². The second-order valence-corrected chi connectivity index (χ2v) is 7.24. The Balaban J connectivity index is 1.52. The average Bonchev–Trinajstić information content (AvgIpc) is 2.99. The number of ether oxygens (including phenoxy) is 2. The van der Waals surface area contributed by atoms with Crippen LogP contribution in [0.1, 0.15) is 35.2 Å². The van der Waals surface area contributed by atoms with Gasteiger partial charge >= 0.3 is 0 Å². The molecule has 4 atom stereocenters. The van der Waals surface area contributed by atoms with E-state index in [0.717, 1.165) is 29.7 Å². The third-order valence-corrected chi connectivity index (χ3v) is 5.42. The Kier molecular flexibility index (Phi) is 4.60. The summed E-state index contributed by atoms with van der Waals surface area (Å²) >= 11 is 12.1. The minimum absolute atomic E-state index is 0.0666. The lowest BCUT2D eigenvalue weighted by atomic mass is 10.0. The number of rotatable bonds is 4. The van der Waals surface area contributed by atoms with E-state index in [9.17, 15) is 5.21 Å². The van der Waals surface area contributed by atoms with Crippen molar-refractivity contribution in [1.82, 2.24) is 10.0 Å². The highest BCUT2D eigenvalue weighted by atomic mass is 35.5. The number of nitrogens with zero attached hydrogens (tertiary/aromatic N) is 2. The lowest BCUT2D eigenvalue weighted by molar-refractivity contribution is 0.00454. The SMILES string of the molecule is Cc1cc(OC2CCOC2)ncc1[C@@H]1[C@H](c2ccc(Cl)c(Cl)c2)N1O. The molecule has 0 saturated carbocycles. The first-order chi connectivity index (χ1) is 12.0. The Labute approximate surface area is 156 Å². The highest BCUT2D eigenvalue weighted by molar-refractivity contribution is 6.42. The number of aryl methyl sites for hydroxylation is 1. The first kappa shape index (κ1) is 17.1. The van der Waals surface area contributed by atoms with Crippen LogP contribution in [0.5, 0.6) is 5.88 Å². The summed E-state index contributed by atoms with van der Waals surface area (Å²) in [6.07, 6.45) is 2.72. The molecule has 0 amide bonds. The summed E-state index contributed by atoms with van der Waals surface area (Å²) in [5.41, 5.74) is 2.91. The normalized spacial score (nSPS) is 28.2. The first-order valence-electron chi connectivity index (χ1n) is 8.17. The van der Waals surface area contributed by atoms with Gasteiger partial charge in [-0.3, -0.25) is 0 Å². The Morgan fingerprint density at radius 1 is 1.24 bits per heavy atom. The quantitative estimate of drug-likeness (QED) is 0.798. The topological polar surface area (TPSA) is 54.6 Å². The molecule has 2 saturated heterocycles. The van der Waals surface area contributed by atoms with E-state index in [1.165, 1.54) is 5.06 Å². The van der Waals surface area contributed by atoms with Crippen LogP contribution < -0.4 is 4.74 Å². The van der Waals surface area contributed by atoms with Crippen LogP contribution in [0.25, 0.3) is 0 Å². The van der Waals surface area contributed by atoms with Crippen LogP contribution >= 0.6 is 23.2 Å². The zero-order chi connectivity index (χ0) is 17.6. The van der Waals surface area contributed by atoms with Crippen LogP contribution in [0.15, 0.2) is 30.5 Å². The van der Waals surface area contributed by atoms with Crippen LogP contribution in [-0.4, -0.2) is 34.6 Å². The minimum Gasteiger partial charge on any atom is -0.472 e. The third kappa shape index (κ3) is 3.35. The lowest BCUT2D eigenvalue weighted by Crippen LogP contribution is -2.16. The van der Waals surface area contributed by atoms with Crippen molar-refractivity contribution < 1.29 is 14.7 Å². The Morgan fingerprint density at radius 2 is 2.08 bits per heavy atom. The molecule has 2 unspecified atom stereocenters. The maximum Gasteiger partial charge on any atom is 0.213 e. The summed E-state index contributed by atoms with van der Waals surface area (Å²) in [5, 5.41) is 12.5. The molecule has 3 heterocycles. The summed E-state index contributed by atoms with van der Waals surface area (Å²) in [6.45, 7) is 3.33. The van der Waals surface area contributed by atoms with Crippen molar-refractivity contribution in [3.05, 3.63) is 57.2 Å². The van der Waals surface area contributed by atoms with E-state index in [4.69, 9.17) is 32.7 Å². The molecule has 7 heteroatoms. The van der Waals surface area contributed by atoms with Crippen molar-refractivity contribution in [3.8, 4) is 5.88 Å². The average molecular weight is 381 g/mol. The van der Waals surface area contributed by atoms with Crippen LogP contribution in [0.3, 0.4) is 0 Å². The third-order valence-electron chi connectivity index (χ3n) is 4.68. The van der Waals surface area contributed by atoms with Gasteiger partial charge in [0.25, 0.3) is 0 Å². The molecule has 0 aliphatic carbocycles. The van der Waals surface area contributed by atoms with Gasteiger partial charge in [-0.2, -0.15) is 5.06 Å². The number of hydroxylamine groups is 2. The second-order valence-electron chi connectivity index (χ2n) is 6.43. The van der Waals surface area contributed by atoms with Gasteiger partial charge in [0.15, 0.2) is 0 Å². The smallest absolute Gasteiger partial charge is 0.213 e. The highest BCUT2D eigenvalue weighted by Gasteiger charge is 2.50. The number of halogens is 2. The van der Waals surface area contributed by atoms with Crippen LogP contribution in [-0.2, 0) is 4.74 Å². The molecule has 0 spiro atoms. The second kappa shape index (κ2) is 6.74. The van der Waals surface area contributed by atoms with Gasteiger partial charge in [0.05, 0.1) is 35.3 Å². The molecule has 2 aliphatic rings. The van der Waals surface area contributed by atoms with Crippen molar-refractivity contribution in [2.45, 2.75) is 31.5 Å². The molecule has 4 rings (SSSR count). The summed E-state index contributed by atoms with van der Waals surface area (Å²) < 4.78 is 11.1. The molecular weight excluding hydrogens is 363 g/mol. The predicted molar refractivity (Wildman–Crippen MR) is 94.4 cm³/mol. The fraction of sp³-hybridized carbons (Fsp3) is 0.389. The summed E-state index contributed by atoms with van der Waals surface area (Å²) in [7, 11) is 0. The fourth-order valence-corrected chi connectivity index (χ4v) is 3.56. The Morgan fingerprint density at radius 3 is 2.76 bits per heavy atom. The molecule has 1 aromatic carbocycles. The number of hydrogen-bond donors (Lipinski definition) is 1. The lowest BCUT2D eigenvalue weighted by Gasteiger charge is -2.12. The highest BCUT2D eigenvalue weighted by Crippen LogP contribution is 2.54. The van der Waals surface area contributed by atoms with E-state index >= 15 is 0 Å². The van der Waals surface area contributed by atoms with E-state index < -0.39 is 0 Å². The maximum absolute atomic E-state index is 10.3. The zero-order valence-electron chi connectivity index (χ0n) is 13.7. The molecule has 2 aromatic rings. The van der Waals surface area contributed by atoms with E-state index in [-0.39, 0.29) is 18.2 Å². The van der Waals surface area contributed by atoms with Gasteiger partial charge < -0.3 is 14.7 Å². The molecule has 2 fully saturated rings. The Bertz CT molecular complexity index is 796. The monoisotopic (exact) mass is 380 g/mol. The molecule has 1 N–H and O–H groups in total. The van der Waals surface area contributed by atoms with Crippen LogP contribution in [0.2, 0.25) is 10.0 Å². The fourth-order valence-electron chi connectivity index (χ4n) is 3.26. The zero-order valence-corrected chi connectivity index (χ0v) is 15.2. The molecule has 0 bridgehead atoms. The molecular formula is C18H18Cl2N2O3. The van der Waals surface area contributed by atoms with Crippen molar-refractivity contribution >= 4 is 23.2 Å². The molecule has 25 heavy (non-hydrogen) atoms. The Hall–Kier alpha value is -1.37. The van der Waals surface area contributed by atoms with Crippen molar-refractivity contribution in [1.29, 1.82) is 0 Å². The molecule has 132 valence electrons. The van der Waals surface area contributed by atoms with Crippen molar-refractivity contribution in [2.75, 3.05) is 13.2 Å². The summed E-state index contributed by atoms with van der Waals surface area (Å²) in [4.78, 5) is 4.40. The number of pyridine rings is 1. The van der Waals surface area contributed by atoms with Crippen molar-refractivity contribution in [3.63, 3.8) is 0 Å². The molecule has 2 aliphatic heterocycles.